The summed E-state index contributed by atoms with van der Waals surface area (Å²) in [5.41, 5.74) is 6.58. The second kappa shape index (κ2) is 6.86. The molecule has 0 aliphatic carbocycles. The summed E-state index contributed by atoms with van der Waals surface area (Å²) in [4.78, 5) is 34.8. The molecule has 22 heavy (non-hydrogen) atoms. The van der Waals surface area contributed by atoms with E-state index in [9.17, 15) is 14.4 Å². The van der Waals surface area contributed by atoms with Crippen LogP contribution in [0.15, 0.2) is 35.7 Å². The third-order valence-electron chi connectivity index (χ3n) is 2.88. The Hall–Kier alpha value is -2.67. The van der Waals surface area contributed by atoms with E-state index in [0.717, 1.165) is 5.56 Å². The number of nitrogens with one attached hydrogen (secondary N) is 1. The monoisotopic (exact) mass is 318 g/mol. The molecular formula is C15H14N2O4S. The fourth-order valence-corrected chi connectivity index (χ4v) is 2.58. The summed E-state index contributed by atoms with van der Waals surface area (Å²) in [6, 6.07) is 8.44. The van der Waals surface area contributed by atoms with Gasteiger partial charge in [0, 0.05) is 0 Å². The molecule has 114 valence electrons. The molecule has 2 rings (SSSR count). The lowest BCUT2D eigenvalue weighted by atomic mass is 10.1. The Balaban J connectivity index is 1.93. The van der Waals surface area contributed by atoms with Gasteiger partial charge in [-0.3, -0.25) is 9.59 Å². The first kappa shape index (κ1) is 15.7. The summed E-state index contributed by atoms with van der Waals surface area (Å²) in [7, 11) is 0. The maximum Gasteiger partial charge on any atom is 0.338 e. The number of rotatable bonds is 5. The lowest BCUT2D eigenvalue weighted by Crippen LogP contribution is -2.22. The number of aryl methyl sites for hydroxylation is 1. The van der Waals surface area contributed by atoms with Crippen LogP contribution in [-0.2, 0) is 9.53 Å². The van der Waals surface area contributed by atoms with Crippen molar-refractivity contribution in [1.29, 1.82) is 0 Å². The van der Waals surface area contributed by atoms with Gasteiger partial charge in [0.2, 0.25) is 0 Å². The van der Waals surface area contributed by atoms with Crippen molar-refractivity contribution in [1.82, 2.24) is 0 Å². The first-order chi connectivity index (χ1) is 10.5. The first-order valence-electron chi connectivity index (χ1n) is 6.39. The number of carbonyl (C=O) groups excluding carboxylic acids is 3. The van der Waals surface area contributed by atoms with Crippen molar-refractivity contribution in [2.75, 3.05) is 11.9 Å². The molecule has 0 aliphatic heterocycles. The second-order valence-corrected chi connectivity index (χ2v) is 5.38. The van der Waals surface area contributed by atoms with E-state index in [4.69, 9.17) is 10.5 Å². The van der Waals surface area contributed by atoms with E-state index in [0.29, 0.717) is 10.6 Å². The molecule has 0 aliphatic rings. The molecule has 2 amide bonds. The first-order valence-corrected chi connectivity index (χ1v) is 7.27. The van der Waals surface area contributed by atoms with Crippen LogP contribution in [0.1, 0.15) is 26.3 Å². The summed E-state index contributed by atoms with van der Waals surface area (Å²) in [6.45, 7) is 1.34. The van der Waals surface area contributed by atoms with E-state index in [1.165, 1.54) is 17.4 Å². The highest BCUT2D eigenvalue weighted by molar-refractivity contribution is 7.14. The molecule has 0 saturated heterocycles. The third-order valence-corrected chi connectivity index (χ3v) is 3.71. The number of thiophene rings is 1. The fourth-order valence-electron chi connectivity index (χ4n) is 1.77. The molecule has 2 aromatic rings. The Morgan fingerprint density at radius 3 is 2.59 bits per heavy atom. The quantitative estimate of drug-likeness (QED) is 0.823. The predicted molar refractivity (Wildman–Crippen MR) is 82.9 cm³/mol. The van der Waals surface area contributed by atoms with Gasteiger partial charge in [0.05, 0.1) is 11.1 Å². The topological polar surface area (TPSA) is 98.5 Å². The molecule has 1 aromatic heterocycles. The van der Waals surface area contributed by atoms with Crippen LogP contribution < -0.4 is 11.1 Å². The van der Waals surface area contributed by atoms with Crippen molar-refractivity contribution >= 4 is 34.1 Å². The Labute approximate surface area is 130 Å². The molecule has 1 aromatic carbocycles. The van der Waals surface area contributed by atoms with Crippen LogP contribution in [0.3, 0.4) is 0 Å². The third kappa shape index (κ3) is 3.70. The van der Waals surface area contributed by atoms with E-state index >= 15 is 0 Å². The molecular weight excluding hydrogens is 304 g/mol. The zero-order valence-corrected chi connectivity index (χ0v) is 12.6. The molecule has 0 atom stereocenters. The Morgan fingerprint density at radius 2 is 1.91 bits per heavy atom. The van der Waals surface area contributed by atoms with Gasteiger partial charge in [-0.15, -0.1) is 11.3 Å². The molecule has 0 spiro atoms. The van der Waals surface area contributed by atoms with Gasteiger partial charge in [0.15, 0.2) is 6.61 Å². The SMILES string of the molecule is Cc1ccccc1C(=O)OCC(=O)Nc1sccc1C(N)=O. The standard InChI is InChI=1S/C15H14N2O4S/c1-9-4-2-3-5-10(9)15(20)21-8-12(18)17-14-11(13(16)19)6-7-22-14/h2-7H,8H2,1H3,(H2,16,19)(H,17,18). The van der Waals surface area contributed by atoms with Gasteiger partial charge in [-0.2, -0.15) is 0 Å². The number of esters is 1. The molecule has 1 heterocycles. The number of anilines is 1. The van der Waals surface area contributed by atoms with E-state index < -0.39 is 24.4 Å². The molecule has 3 N–H and O–H groups in total. The maximum atomic E-state index is 11.9. The molecule has 6 nitrogen and oxygen atoms in total. The number of carbonyl (C=O) groups is 3. The molecule has 0 radical (unpaired) electrons. The van der Waals surface area contributed by atoms with Crippen LogP contribution in [0.5, 0.6) is 0 Å². The Kier molecular flexibility index (Phi) is 4.90. The molecule has 0 saturated carbocycles. The average molecular weight is 318 g/mol. The highest BCUT2D eigenvalue weighted by Gasteiger charge is 2.15. The Bertz CT molecular complexity index is 724. The van der Waals surface area contributed by atoms with Crippen molar-refractivity contribution in [3.63, 3.8) is 0 Å². The summed E-state index contributed by atoms with van der Waals surface area (Å²) < 4.78 is 4.96. The minimum Gasteiger partial charge on any atom is -0.452 e. The molecule has 0 bridgehead atoms. The maximum absolute atomic E-state index is 11.9. The van der Waals surface area contributed by atoms with Gasteiger partial charge >= 0.3 is 5.97 Å². The number of ether oxygens (including phenoxy) is 1. The van der Waals surface area contributed by atoms with Crippen LogP contribution in [0.4, 0.5) is 5.00 Å². The minimum absolute atomic E-state index is 0.226. The van der Waals surface area contributed by atoms with Gasteiger partial charge in [0.1, 0.15) is 5.00 Å². The minimum atomic E-state index is -0.631. The zero-order valence-electron chi connectivity index (χ0n) is 11.8. The number of hydrogen-bond acceptors (Lipinski definition) is 5. The summed E-state index contributed by atoms with van der Waals surface area (Å²) in [5, 5.41) is 4.47. The highest BCUT2D eigenvalue weighted by atomic mass is 32.1. The molecule has 0 fully saturated rings. The highest BCUT2D eigenvalue weighted by Crippen LogP contribution is 2.22. The largest absolute Gasteiger partial charge is 0.452 e. The molecule has 0 unspecified atom stereocenters. The number of benzene rings is 1. The van der Waals surface area contributed by atoms with Gasteiger partial charge < -0.3 is 15.8 Å². The number of amides is 2. The van der Waals surface area contributed by atoms with E-state index in [1.807, 2.05) is 0 Å². The predicted octanol–water partition coefficient (Wildman–Crippen LogP) is 1.95. The van der Waals surface area contributed by atoms with Crippen molar-refractivity contribution in [2.45, 2.75) is 6.92 Å². The zero-order chi connectivity index (χ0) is 16.1. The van der Waals surface area contributed by atoms with Crippen molar-refractivity contribution in [3.05, 3.63) is 52.4 Å². The van der Waals surface area contributed by atoms with Crippen LogP contribution in [0.2, 0.25) is 0 Å². The summed E-state index contributed by atoms with van der Waals surface area (Å²) in [6.07, 6.45) is 0. The Morgan fingerprint density at radius 1 is 1.18 bits per heavy atom. The number of hydrogen-bond donors (Lipinski definition) is 2. The smallest absolute Gasteiger partial charge is 0.338 e. The lowest BCUT2D eigenvalue weighted by Gasteiger charge is -2.07. The fraction of sp³-hybridized carbons (Fsp3) is 0.133. The normalized spacial score (nSPS) is 10.0. The lowest BCUT2D eigenvalue weighted by molar-refractivity contribution is -0.119. The van der Waals surface area contributed by atoms with Crippen LogP contribution in [0, 0.1) is 6.92 Å². The van der Waals surface area contributed by atoms with Crippen LogP contribution in [0.25, 0.3) is 0 Å². The average Bonchev–Trinajstić information content (AvgIpc) is 2.93. The second-order valence-electron chi connectivity index (χ2n) is 4.47. The van der Waals surface area contributed by atoms with Crippen molar-refractivity contribution in [2.24, 2.45) is 5.73 Å². The van der Waals surface area contributed by atoms with Crippen LogP contribution in [-0.4, -0.2) is 24.4 Å². The van der Waals surface area contributed by atoms with E-state index in [2.05, 4.69) is 5.32 Å². The summed E-state index contributed by atoms with van der Waals surface area (Å²) in [5.74, 6) is -1.74. The number of nitrogens with two attached hydrogens (primary N) is 1. The van der Waals surface area contributed by atoms with Crippen molar-refractivity contribution in [3.8, 4) is 0 Å². The number of primary amides is 1. The van der Waals surface area contributed by atoms with Gasteiger partial charge in [0.25, 0.3) is 11.8 Å². The van der Waals surface area contributed by atoms with Gasteiger partial charge in [-0.1, -0.05) is 18.2 Å². The molecule has 7 heteroatoms. The van der Waals surface area contributed by atoms with E-state index in [1.54, 1.807) is 36.6 Å². The van der Waals surface area contributed by atoms with Gasteiger partial charge in [-0.25, -0.2) is 4.79 Å². The summed E-state index contributed by atoms with van der Waals surface area (Å²) >= 11 is 1.17. The van der Waals surface area contributed by atoms with Crippen LogP contribution >= 0.6 is 11.3 Å². The van der Waals surface area contributed by atoms with Crippen molar-refractivity contribution < 1.29 is 19.1 Å². The van der Waals surface area contributed by atoms with E-state index in [-0.39, 0.29) is 5.56 Å². The van der Waals surface area contributed by atoms with Gasteiger partial charge in [-0.05, 0) is 30.0 Å².